The Morgan fingerprint density at radius 3 is 2.75 bits per heavy atom. The predicted molar refractivity (Wildman–Crippen MR) is 57.7 cm³/mol. The van der Waals surface area contributed by atoms with Gasteiger partial charge in [-0.25, -0.2) is 0 Å². The number of nitrogens with zero attached hydrogens (tertiary/aromatic N) is 1. The molecule has 0 radical (unpaired) electrons. The maximum Gasteiger partial charge on any atom is 0.279 e. The molecule has 5 heteroatoms. The Balaban J connectivity index is 2.79. The van der Waals surface area contributed by atoms with Gasteiger partial charge < -0.3 is 4.79 Å². The van der Waals surface area contributed by atoms with E-state index in [1.54, 1.807) is 0 Å². The molecule has 1 rings (SSSR count). The van der Waals surface area contributed by atoms with Crippen molar-refractivity contribution in [2.75, 3.05) is 0 Å². The van der Waals surface area contributed by atoms with Crippen molar-refractivity contribution in [1.82, 2.24) is 0 Å². The first-order chi connectivity index (χ1) is 7.63. The Kier molecular flexibility index (Phi) is 4.58. The van der Waals surface area contributed by atoms with E-state index in [4.69, 9.17) is 0 Å². The molecule has 90 valence electrons. The molecule has 0 aromatic rings. The molecule has 0 aromatic carbocycles. The lowest BCUT2D eigenvalue weighted by Crippen LogP contribution is -2.45. The van der Waals surface area contributed by atoms with E-state index in [1.807, 2.05) is 0 Å². The van der Waals surface area contributed by atoms with Gasteiger partial charge in [-0.1, -0.05) is 6.42 Å². The number of ketones is 1. The molecule has 1 atom stereocenters. The molecule has 0 aromatic heterocycles. The molecule has 0 bridgehead atoms. The third kappa shape index (κ3) is 2.65. The summed E-state index contributed by atoms with van der Waals surface area (Å²) in [6.45, 7) is 0. The number of Topliss-reactive ketones (excluding diaryl/α,β-unsaturated/α-hetero) is 1. The summed E-state index contributed by atoms with van der Waals surface area (Å²) in [4.78, 5) is 32.8. The van der Waals surface area contributed by atoms with Crippen molar-refractivity contribution in [2.24, 2.45) is 0 Å². The number of nitro groups is 1. The van der Waals surface area contributed by atoms with Gasteiger partial charge in [-0.3, -0.25) is 14.9 Å². The van der Waals surface area contributed by atoms with E-state index in [0.717, 1.165) is 25.5 Å². The number of carbonyl (C=O) groups excluding carboxylic acids is 2. The molecule has 0 heterocycles. The van der Waals surface area contributed by atoms with Gasteiger partial charge in [0, 0.05) is 30.6 Å². The number of aldehydes is 1. The van der Waals surface area contributed by atoms with E-state index in [0.29, 0.717) is 25.7 Å². The van der Waals surface area contributed by atoms with Gasteiger partial charge in [-0.2, -0.15) is 0 Å². The summed E-state index contributed by atoms with van der Waals surface area (Å²) in [6, 6.07) is 0. The molecule has 1 saturated carbocycles. The quantitative estimate of drug-likeness (QED) is 0.236. The van der Waals surface area contributed by atoms with Crippen molar-refractivity contribution in [2.45, 2.75) is 56.9 Å². The fourth-order valence-corrected chi connectivity index (χ4v) is 2.28. The number of hydrogen-bond acceptors (Lipinski definition) is 4. The maximum absolute atomic E-state index is 11.8. The van der Waals surface area contributed by atoms with Crippen LogP contribution in [0.2, 0.25) is 0 Å². The fourth-order valence-electron chi connectivity index (χ4n) is 2.28. The first kappa shape index (κ1) is 12.8. The zero-order chi connectivity index (χ0) is 12.0. The minimum atomic E-state index is -1.40. The number of rotatable bonds is 5. The topological polar surface area (TPSA) is 77.3 Å². The van der Waals surface area contributed by atoms with E-state index >= 15 is 0 Å². The standard InChI is InChI=1S/C11H17NO4/c13-9-5-4-8-11(12(15)16)7-3-1-2-6-10(11)14/h9H,1-8H2. The van der Waals surface area contributed by atoms with Gasteiger partial charge in [0.25, 0.3) is 5.54 Å². The third-order valence-corrected chi connectivity index (χ3v) is 3.28. The molecule has 0 amide bonds. The van der Waals surface area contributed by atoms with Crippen LogP contribution < -0.4 is 0 Å². The Bertz CT molecular complexity index is 290. The van der Waals surface area contributed by atoms with Gasteiger partial charge in [-0.15, -0.1) is 0 Å². The fraction of sp³-hybridized carbons (Fsp3) is 0.818. The summed E-state index contributed by atoms with van der Waals surface area (Å²) in [6.07, 6.45) is 4.68. The van der Waals surface area contributed by atoms with Crippen LogP contribution in [-0.4, -0.2) is 22.5 Å². The molecule has 0 N–H and O–H groups in total. The smallest absolute Gasteiger partial charge is 0.279 e. The largest absolute Gasteiger partial charge is 0.303 e. The first-order valence-corrected chi connectivity index (χ1v) is 5.75. The summed E-state index contributed by atoms with van der Waals surface area (Å²) < 4.78 is 0. The van der Waals surface area contributed by atoms with Crippen LogP contribution in [0.3, 0.4) is 0 Å². The molecule has 16 heavy (non-hydrogen) atoms. The summed E-state index contributed by atoms with van der Waals surface area (Å²) in [7, 11) is 0. The van der Waals surface area contributed by atoms with Gasteiger partial charge in [-0.05, 0) is 19.3 Å². The summed E-state index contributed by atoms with van der Waals surface area (Å²) in [5.41, 5.74) is -1.40. The highest BCUT2D eigenvalue weighted by molar-refractivity contribution is 5.87. The summed E-state index contributed by atoms with van der Waals surface area (Å²) in [5, 5.41) is 11.1. The van der Waals surface area contributed by atoms with Crippen LogP contribution in [0, 0.1) is 10.1 Å². The van der Waals surface area contributed by atoms with Crippen LogP contribution in [0.5, 0.6) is 0 Å². The zero-order valence-corrected chi connectivity index (χ0v) is 9.31. The molecule has 1 aliphatic rings. The number of hydrogen-bond donors (Lipinski definition) is 0. The van der Waals surface area contributed by atoms with Gasteiger partial charge in [0.2, 0.25) is 5.78 Å². The molecule has 1 fully saturated rings. The summed E-state index contributed by atoms with van der Waals surface area (Å²) in [5.74, 6) is -0.249. The SMILES string of the molecule is O=CCCCC1([N+](=O)[O-])CCCCCC1=O. The minimum Gasteiger partial charge on any atom is -0.303 e. The average Bonchev–Trinajstić information content (AvgIpc) is 2.43. The minimum absolute atomic E-state index is 0.206. The highest BCUT2D eigenvalue weighted by atomic mass is 16.6. The predicted octanol–water partition coefficient (Wildman–Crippen LogP) is 1.90. The lowest BCUT2D eigenvalue weighted by Gasteiger charge is -2.21. The van der Waals surface area contributed by atoms with E-state index in [9.17, 15) is 19.7 Å². The average molecular weight is 227 g/mol. The van der Waals surface area contributed by atoms with Crippen LogP contribution in [0.15, 0.2) is 0 Å². The van der Waals surface area contributed by atoms with Crippen molar-refractivity contribution in [3.63, 3.8) is 0 Å². The van der Waals surface area contributed by atoms with Crippen molar-refractivity contribution in [3.8, 4) is 0 Å². The second-order valence-corrected chi connectivity index (χ2v) is 4.33. The van der Waals surface area contributed by atoms with Gasteiger partial charge in [0.1, 0.15) is 6.29 Å². The Labute approximate surface area is 94.4 Å². The van der Waals surface area contributed by atoms with Crippen LogP contribution in [-0.2, 0) is 9.59 Å². The van der Waals surface area contributed by atoms with Crippen molar-refractivity contribution in [1.29, 1.82) is 0 Å². The molecule has 0 spiro atoms. The first-order valence-electron chi connectivity index (χ1n) is 5.75. The van der Waals surface area contributed by atoms with E-state index in [2.05, 4.69) is 0 Å². The molecule has 1 unspecified atom stereocenters. The van der Waals surface area contributed by atoms with Gasteiger partial charge in [0.15, 0.2) is 0 Å². The van der Waals surface area contributed by atoms with E-state index < -0.39 is 10.5 Å². The number of unbranched alkanes of at least 4 members (excludes halogenated alkanes) is 1. The van der Waals surface area contributed by atoms with Crippen LogP contribution in [0.25, 0.3) is 0 Å². The monoisotopic (exact) mass is 227 g/mol. The second kappa shape index (κ2) is 5.72. The molecular weight excluding hydrogens is 210 g/mol. The Hall–Kier alpha value is -1.26. The van der Waals surface area contributed by atoms with Crippen molar-refractivity contribution in [3.05, 3.63) is 10.1 Å². The lowest BCUT2D eigenvalue weighted by atomic mass is 9.84. The third-order valence-electron chi connectivity index (χ3n) is 3.28. The Morgan fingerprint density at radius 1 is 1.38 bits per heavy atom. The molecule has 0 aliphatic heterocycles. The summed E-state index contributed by atoms with van der Waals surface area (Å²) >= 11 is 0. The van der Waals surface area contributed by atoms with Crippen molar-refractivity contribution < 1.29 is 14.5 Å². The van der Waals surface area contributed by atoms with E-state index in [1.165, 1.54) is 0 Å². The second-order valence-electron chi connectivity index (χ2n) is 4.33. The van der Waals surface area contributed by atoms with Crippen molar-refractivity contribution >= 4 is 12.1 Å². The number of carbonyl (C=O) groups is 2. The van der Waals surface area contributed by atoms with E-state index in [-0.39, 0.29) is 12.2 Å². The highest BCUT2D eigenvalue weighted by Crippen LogP contribution is 2.31. The molecule has 0 saturated heterocycles. The van der Waals surface area contributed by atoms with Gasteiger partial charge in [0.05, 0.1) is 0 Å². The normalized spacial score (nSPS) is 26.1. The molecule has 5 nitrogen and oxygen atoms in total. The molecular formula is C11H17NO4. The van der Waals surface area contributed by atoms with Crippen LogP contribution >= 0.6 is 0 Å². The lowest BCUT2D eigenvalue weighted by molar-refractivity contribution is -0.554. The maximum atomic E-state index is 11.8. The zero-order valence-electron chi connectivity index (χ0n) is 9.31. The van der Waals surface area contributed by atoms with Crippen LogP contribution in [0.1, 0.15) is 51.4 Å². The Morgan fingerprint density at radius 2 is 2.12 bits per heavy atom. The van der Waals surface area contributed by atoms with Gasteiger partial charge >= 0.3 is 0 Å². The highest BCUT2D eigenvalue weighted by Gasteiger charge is 2.49. The van der Waals surface area contributed by atoms with Crippen LogP contribution in [0.4, 0.5) is 0 Å². The molecule has 1 aliphatic carbocycles.